The Balaban J connectivity index is 1.87. The van der Waals surface area contributed by atoms with Crippen molar-refractivity contribution in [3.63, 3.8) is 0 Å². The van der Waals surface area contributed by atoms with Crippen molar-refractivity contribution in [2.75, 3.05) is 19.7 Å². The lowest BCUT2D eigenvalue weighted by Gasteiger charge is -2.36. The molecule has 1 aliphatic heterocycles. The monoisotopic (exact) mass is 298 g/mol. The molecule has 7 heteroatoms. The van der Waals surface area contributed by atoms with E-state index < -0.39 is 10.7 Å². The quantitative estimate of drug-likeness (QED) is 0.665. The molecule has 0 radical (unpaired) electrons. The zero-order valence-corrected chi connectivity index (χ0v) is 12.1. The van der Waals surface area contributed by atoms with Gasteiger partial charge in [-0.3, -0.25) is 10.1 Å². The first-order valence-corrected chi connectivity index (χ1v) is 6.76. The van der Waals surface area contributed by atoms with E-state index >= 15 is 0 Å². The molecule has 2 rings (SSSR count). The second kappa shape index (κ2) is 6.46. The standard InChI is InChI=1S/C14H19FN2O4/c1-14(2)9-16-6-13(21-14)8-20-7-10-3-11(15)5-12(4-10)17(18)19/h3-5,13,16H,6-9H2,1-2H3. The predicted molar refractivity (Wildman–Crippen MR) is 74.5 cm³/mol. The molecule has 1 aromatic carbocycles. The lowest BCUT2D eigenvalue weighted by atomic mass is 10.1. The van der Waals surface area contributed by atoms with E-state index in [-0.39, 0.29) is 24.0 Å². The van der Waals surface area contributed by atoms with Gasteiger partial charge in [-0.05, 0) is 25.5 Å². The van der Waals surface area contributed by atoms with Crippen LogP contribution in [0.25, 0.3) is 0 Å². The molecule has 0 saturated carbocycles. The number of hydrogen-bond donors (Lipinski definition) is 1. The summed E-state index contributed by atoms with van der Waals surface area (Å²) in [5.41, 5.74) is -0.0840. The van der Waals surface area contributed by atoms with E-state index in [1.807, 2.05) is 13.8 Å². The Morgan fingerprint density at radius 2 is 2.29 bits per heavy atom. The molecule has 1 atom stereocenters. The van der Waals surface area contributed by atoms with E-state index in [2.05, 4.69) is 5.32 Å². The molecule has 1 saturated heterocycles. The minimum atomic E-state index is -0.639. The third kappa shape index (κ3) is 4.73. The van der Waals surface area contributed by atoms with Crippen LogP contribution in [0.2, 0.25) is 0 Å². The molecule has 6 nitrogen and oxygen atoms in total. The van der Waals surface area contributed by atoms with E-state index in [9.17, 15) is 14.5 Å². The van der Waals surface area contributed by atoms with Crippen molar-refractivity contribution >= 4 is 5.69 Å². The van der Waals surface area contributed by atoms with Crippen LogP contribution in [0, 0.1) is 15.9 Å². The summed E-state index contributed by atoms with van der Waals surface area (Å²) >= 11 is 0. The molecule has 1 heterocycles. The first-order valence-electron chi connectivity index (χ1n) is 6.76. The van der Waals surface area contributed by atoms with Crippen LogP contribution in [0.15, 0.2) is 18.2 Å². The van der Waals surface area contributed by atoms with Crippen LogP contribution in [0.1, 0.15) is 19.4 Å². The van der Waals surface area contributed by atoms with Crippen LogP contribution in [0.5, 0.6) is 0 Å². The highest BCUT2D eigenvalue weighted by molar-refractivity contribution is 5.34. The highest BCUT2D eigenvalue weighted by Crippen LogP contribution is 2.18. The van der Waals surface area contributed by atoms with Crippen LogP contribution in [0.3, 0.4) is 0 Å². The fourth-order valence-electron chi connectivity index (χ4n) is 2.29. The van der Waals surface area contributed by atoms with Gasteiger partial charge in [-0.15, -0.1) is 0 Å². The molecule has 21 heavy (non-hydrogen) atoms. The number of morpholine rings is 1. The second-order valence-electron chi connectivity index (χ2n) is 5.72. The van der Waals surface area contributed by atoms with Crippen molar-refractivity contribution in [2.45, 2.75) is 32.2 Å². The van der Waals surface area contributed by atoms with Crippen molar-refractivity contribution in [1.82, 2.24) is 5.32 Å². The van der Waals surface area contributed by atoms with Gasteiger partial charge in [-0.2, -0.15) is 0 Å². The van der Waals surface area contributed by atoms with Crippen molar-refractivity contribution in [1.29, 1.82) is 0 Å². The van der Waals surface area contributed by atoms with Gasteiger partial charge in [0.1, 0.15) is 5.82 Å². The van der Waals surface area contributed by atoms with Gasteiger partial charge in [0.25, 0.3) is 5.69 Å². The summed E-state index contributed by atoms with van der Waals surface area (Å²) in [6, 6.07) is 3.43. The number of nitrogens with zero attached hydrogens (tertiary/aromatic N) is 1. The largest absolute Gasteiger partial charge is 0.374 e. The van der Waals surface area contributed by atoms with Gasteiger partial charge < -0.3 is 14.8 Å². The zero-order valence-electron chi connectivity index (χ0n) is 12.1. The molecule has 1 N–H and O–H groups in total. The maximum Gasteiger partial charge on any atom is 0.272 e. The normalized spacial score (nSPS) is 21.2. The summed E-state index contributed by atoms with van der Waals surface area (Å²) in [4.78, 5) is 10.0. The van der Waals surface area contributed by atoms with E-state index in [4.69, 9.17) is 9.47 Å². The van der Waals surface area contributed by atoms with Gasteiger partial charge in [-0.25, -0.2) is 4.39 Å². The number of nitro groups is 1. The molecule has 116 valence electrons. The van der Waals surface area contributed by atoms with Gasteiger partial charge in [0.15, 0.2) is 0 Å². The minimum Gasteiger partial charge on any atom is -0.374 e. The first-order chi connectivity index (χ1) is 9.85. The van der Waals surface area contributed by atoms with E-state index in [1.54, 1.807) is 0 Å². The van der Waals surface area contributed by atoms with Gasteiger partial charge in [-0.1, -0.05) is 0 Å². The number of nitrogens with one attached hydrogen (secondary N) is 1. The summed E-state index contributed by atoms with van der Waals surface area (Å²) in [6.45, 7) is 5.90. The van der Waals surface area contributed by atoms with Crippen molar-refractivity contribution in [2.24, 2.45) is 0 Å². The van der Waals surface area contributed by atoms with Crippen LogP contribution < -0.4 is 5.32 Å². The van der Waals surface area contributed by atoms with Gasteiger partial charge in [0, 0.05) is 19.2 Å². The molecule has 0 amide bonds. The SMILES string of the molecule is CC1(C)CNCC(COCc2cc(F)cc([N+](=O)[O-])c2)O1. The van der Waals surface area contributed by atoms with Crippen LogP contribution in [-0.2, 0) is 16.1 Å². The summed E-state index contributed by atoms with van der Waals surface area (Å²) in [5.74, 6) is -0.639. The average molecular weight is 298 g/mol. The van der Waals surface area contributed by atoms with Gasteiger partial charge in [0.2, 0.25) is 0 Å². The lowest BCUT2D eigenvalue weighted by molar-refractivity contribution is -0.385. The van der Waals surface area contributed by atoms with E-state index in [1.165, 1.54) is 12.1 Å². The number of halogens is 1. The van der Waals surface area contributed by atoms with Crippen LogP contribution in [-0.4, -0.2) is 36.3 Å². The summed E-state index contributed by atoms with van der Waals surface area (Å²) in [7, 11) is 0. The molecule has 0 aromatic heterocycles. The van der Waals surface area contributed by atoms with Crippen molar-refractivity contribution in [3.8, 4) is 0 Å². The number of hydrogen-bond acceptors (Lipinski definition) is 5. The number of benzene rings is 1. The smallest absolute Gasteiger partial charge is 0.272 e. The van der Waals surface area contributed by atoms with Crippen LogP contribution >= 0.6 is 0 Å². The number of non-ortho nitro benzene ring substituents is 1. The highest BCUT2D eigenvalue weighted by Gasteiger charge is 2.28. The molecular weight excluding hydrogens is 279 g/mol. The Morgan fingerprint density at radius 1 is 1.52 bits per heavy atom. The third-order valence-electron chi connectivity index (χ3n) is 3.13. The molecular formula is C14H19FN2O4. The molecule has 0 bridgehead atoms. The van der Waals surface area contributed by atoms with Crippen molar-refractivity contribution < 1.29 is 18.8 Å². The predicted octanol–water partition coefficient (Wildman–Crippen LogP) is 2.02. The number of ether oxygens (including phenoxy) is 2. The summed E-state index contributed by atoms with van der Waals surface area (Å²) < 4.78 is 24.6. The number of rotatable bonds is 5. The lowest BCUT2D eigenvalue weighted by Crippen LogP contribution is -2.51. The molecule has 1 unspecified atom stereocenters. The van der Waals surface area contributed by atoms with Crippen LogP contribution in [0.4, 0.5) is 10.1 Å². The molecule has 1 aromatic rings. The third-order valence-corrected chi connectivity index (χ3v) is 3.13. The topological polar surface area (TPSA) is 73.6 Å². The first kappa shape index (κ1) is 15.8. The molecule has 1 aliphatic rings. The maximum atomic E-state index is 13.3. The Kier molecular flexibility index (Phi) is 4.87. The number of nitro benzene ring substituents is 1. The van der Waals surface area contributed by atoms with E-state index in [0.29, 0.717) is 18.7 Å². The Labute approximate surface area is 122 Å². The maximum absolute atomic E-state index is 13.3. The Bertz CT molecular complexity index is 522. The minimum absolute atomic E-state index is 0.0858. The summed E-state index contributed by atoms with van der Waals surface area (Å²) in [5, 5.41) is 13.9. The Morgan fingerprint density at radius 3 is 2.95 bits per heavy atom. The fraction of sp³-hybridized carbons (Fsp3) is 0.571. The van der Waals surface area contributed by atoms with E-state index in [0.717, 1.165) is 12.6 Å². The zero-order chi connectivity index (χ0) is 15.5. The van der Waals surface area contributed by atoms with Gasteiger partial charge >= 0.3 is 0 Å². The van der Waals surface area contributed by atoms with Gasteiger partial charge in [0.05, 0.1) is 35.9 Å². The average Bonchev–Trinajstić information content (AvgIpc) is 2.37. The Hall–Kier alpha value is -1.57. The molecule has 1 fully saturated rings. The molecule has 0 spiro atoms. The second-order valence-corrected chi connectivity index (χ2v) is 5.72. The molecule has 0 aliphatic carbocycles. The fourth-order valence-corrected chi connectivity index (χ4v) is 2.29. The highest BCUT2D eigenvalue weighted by atomic mass is 19.1. The summed E-state index contributed by atoms with van der Waals surface area (Å²) in [6.07, 6.45) is -0.0858. The van der Waals surface area contributed by atoms with Crippen molar-refractivity contribution in [3.05, 3.63) is 39.7 Å².